The van der Waals surface area contributed by atoms with Gasteiger partial charge in [0.1, 0.15) is 0 Å². The smallest absolute Gasteiger partial charge is 0.306 e. The molecule has 0 spiro atoms. The van der Waals surface area contributed by atoms with Crippen LogP contribution in [0.25, 0.3) is 0 Å². The molecule has 24 heavy (non-hydrogen) atoms. The quantitative estimate of drug-likeness (QED) is 0.464. The van der Waals surface area contributed by atoms with Crippen LogP contribution in [-0.2, 0) is 27.7 Å². The topological polar surface area (TPSA) is 78.9 Å². The molecule has 0 rings (SSSR count). The first kappa shape index (κ1) is 23.1. The molecule has 0 unspecified atom stereocenters. The van der Waals surface area contributed by atoms with Gasteiger partial charge < -0.3 is 13.3 Å². The van der Waals surface area contributed by atoms with Crippen molar-refractivity contribution >= 4 is 42.9 Å². The Morgan fingerprint density at radius 1 is 0.667 bits per heavy atom. The number of hydrogen-bond acceptors (Lipinski definition) is 6. The van der Waals surface area contributed by atoms with Crippen LogP contribution in [0.4, 0.5) is 0 Å². The van der Waals surface area contributed by atoms with E-state index in [4.69, 9.17) is 13.3 Å². The van der Waals surface area contributed by atoms with Crippen molar-refractivity contribution in [1.82, 2.24) is 0 Å². The molecule has 0 aliphatic carbocycles. The van der Waals surface area contributed by atoms with Gasteiger partial charge in [-0.3, -0.25) is 14.4 Å². The van der Waals surface area contributed by atoms with Gasteiger partial charge in [0.2, 0.25) is 25.0 Å². The maximum atomic E-state index is 12.4. The van der Waals surface area contributed by atoms with Gasteiger partial charge in [-0.05, 0) is 65.3 Å². The fraction of sp³-hybridized carbons (Fsp3) is 0.800. The second kappa shape index (κ2) is 8.43. The van der Waals surface area contributed by atoms with E-state index in [1.54, 1.807) is 0 Å². The van der Waals surface area contributed by atoms with Crippen LogP contribution in [0, 0.1) is 5.92 Å². The van der Waals surface area contributed by atoms with Gasteiger partial charge in [0.15, 0.2) is 5.92 Å². The standard InChI is InChI=1S/C15H32O6Si3/c1-22(2,3)19-13(16)11-10-12(14(17)20-23(4,5)6)15(18)21-24(7,8)9/h12H,10-11H2,1-9H3. The van der Waals surface area contributed by atoms with Gasteiger partial charge in [0, 0.05) is 6.42 Å². The van der Waals surface area contributed by atoms with E-state index in [9.17, 15) is 14.4 Å². The highest BCUT2D eigenvalue weighted by molar-refractivity contribution is 6.72. The van der Waals surface area contributed by atoms with Crippen LogP contribution < -0.4 is 0 Å². The Labute approximate surface area is 148 Å². The Morgan fingerprint density at radius 3 is 1.29 bits per heavy atom. The lowest BCUT2D eigenvalue weighted by molar-refractivity contribution is -0.152. The molecule has 0 atom stereocenters. The lowest BCUT2D eigenvalue weighted by Crippen LogP contribution is -2.40. The third-order valence-corrected chi connectivity index (χ3v) is 4.91. The van der Waals surface area contributed by atoms with E-state index in [2.05, 4.69) is 0 Å². The summed E-state index contributed by atoms with van der Waals surface area (Å²) in [5.41, 5.74) is 0. The van der Waals surface area contributed by atoms with E-state index in [-0.39, 0.29) is 18.8 Å². The van der Waals surface area contributed by atoms with E-state index in [1.165, 1.54) is 0 Å². The Bertz CT molecular complexity index is 443. The van der Waals surface area contributed by atoms with Crippen LogP contribution in [0.1, 0.15) is 12.8 Å². The zero-order valence-corrected chi connectivity index (χ0v) is 19.4. The molecule has 0 bridgehead atoms. The van der Waals surface area contributed by atoms with E-state index >= 15 is 0 Å². The van der Waals surface area contributed by atoms with E-state index in [0.29, 0.717) is 0 Å². The lowest BCUT2D eigenvalue weighted by Gasteiger charge is -2.25. The molecule has 0 aromatic carbocycles. The Balaban J connectivity index is 5.03. The van der Waals surface area contributed by atoms with Crippen molar-refractivity contribution in [2.75, 3.05) is 0 Å². The lowest BCUT2D eigenvalue weighted by atomic mass is 10.0. The van der Waals surface area contributed by atoms with Crippen molar-refractivity contribution in [2.24, 2.45) is 5.92 Å². The molecule has 0 aliphatic heterocycles. The predicted molar refractivity (Wildman–Crippen MR) is 101 cm³/mol. The Kier molecular flexibility index (Phi) is 8.10. The number of carbonyl (C=O) groups is 3. The third-order valence-electron chi connectivity index (χ3n) is 2.44. The second-order valence-corrected chi connectivity index (χ2v) is 22.0. The van der Waals surface area contributed by atoms with Crippen molar-refractivity contribution in [3.63, 3.8) is 0 Å². The first-order valence-corrected chi connectivity index (χ1v) is 18.4. The first-order chi connectivity index (χ1) is 10.5. The summed E-state index contributed by atoms with van der Waals surface area (Å²) >= 11 is 0. The largest absolute Gasteiger partial charge is 0.520 e. The minimum absolute atomic E-state index is 0.00344. The highest BCUT2D eigenvalue weighted by atomic mass is 28.4. The van der Waals surface area contributed by atoms with Gasteiger partial charge in [-0.25, -0.2) is 0 Å². The van der Waals surface area contributed by atoms with Gasteiger partial charge in [-0.2, -0.15) is 0 Å². The summed E-state index contributed by atoms with van der Waals surface area (Å²) in [6, 6.07) is 0. The third kappa shape index (κ3) is 11.6. The number of hydrogen-bond donors (Lipinski definition) is 0. The maximum Gasteiger partial charge on any atom is 0.306 e. The molecule has 0 aliphatic rings. The predicted octanol–water partition coefficient (Wildman–Crippen LogP) is 3.52. The number of carbonyl (C=O) groups excluding carboxylic acids is 3. The van der Waals surface area contributed by atoms with Gasteiger partial charge in [0.05, 0.1) is 0 Å². The SMILES string of the molecule is C[Si](C)(C)OC(=O)CCC(C(=O)O[Si](C)(C)C)C(=O)O[Si](C)(C)C. The van der Waals surface area contributed by atoms with E-state index in [0.717, 1.165) is 0 Å². The fourth-order valence-corrected chi connectivity index (χ4v) is 4.01. The summed E-state index contributed by atoms with van der Waals surface area (Å²) in [6.07, 6.45) is 0.0481. The number of rotatable bonds is 8. The highest BCUT2D eigenvalue weighted by Gasteiger charge is 2.36. The molecule has 0 saturated heterocycles. The molecule has 0 amide bonds. The van der Waals surface area contributed by atoms with Crippen LogP contribution in [0.15, 0.2) is 0 Å². The summed E-state index contributed by atoms with van der Waals surface area (Å²) in [4.78, 5) is 36.6. The molecular weight excluding hydrogens is 360 g/mol. The van der Waals surface area contributed by atoms with Crippen LogP contribution in [-0.4, -0.2) is 42.9 Å². The summed E-state index contributed by atoms with van der Waals surface area (Å²) < 4.78 is 16.2. The molecule has 0 heterocycles. The molecule has 6 nitrogen and oxygen atoms in total. The molecular formula is C15H32O6Si3. The van der Waals surface area contributed by atoms with E-state index in [1.807, 2.05) is 58.9 Å². The molecule has 0 aromatic heterocycles. The Morgan fingerprint density at radius 2 is 1.00 bits per heavy atom. The van der Waals surface area contributed by atoms with Crippen LogP contribution in [0.5, 0.6) is 0 Å². The van der Waals surface area contributed by atoms with Crippen molar-refractivity contribution in [2.45, 2.75) is 71.8 Å². The average molecular weight is 393 g/mol. The normalized spacial score (nSPS) is 12.8. The van der Waals surface area contributed by atoms with Gasteiger partial charge in [0.25, 0.3) is 5.97 Å². The van der Waals surface area contributed by atoms with E-state index < -0.39 is 42.8 Å². The van der Waals surface area contributed by atoms with Crippen LogP contribution in [0.3, 0.4) is 0 Å². The van der Waals surface area contributed by atoms with Crippen molar-refractivity contribution < 1.29 is 27.7 Å². The molecule has 0 aromatic rings. The Hall–Kier alpha value is -0.939. The summed E-state index contributed by atoms with van der Waals surface area (Å²) in [7, 11) is -6.27. The zero-order valence-electron chi connectivity index (χ0n) is 16.4. The maximum absolute atomic E-state index is 12.4. The van der Waals surface area contributed by atoms with Crippen molar-refractivity contribution in [1.29, 1.82) is 0 Å². The highest BCUT2D eigenvalue weighted by Crippen LogP contribution is 2.19. The summed E-state index contributed by atoms with van der Waals surface area (Å²) in [6.45, 7) is 16.9. The van der Waals surface area contributed by atoms with Crippen molar-refractivity contribution in [3.05, 3.63) is 0 Å². The average Bonchev–Trinajstić information content (AvgIpc) is 2.20. The van der Waals surface area contributed by atoms with Crippen LogP contribution >= 0.6 is 0 Å². The zero-order chi connectivity index (χ0) is 19.3. The molecule has 0 fully saturated rings. The monoisotopic (exact) mass is 392 g/mol. The molecule has 0 radical (unpaired) electrons. The molecule has 140 valence electrons. The summed E-state index contributed by atoms with van der Waals surface area (Å²) in [5.74, 6) is -2.66. The minimum Gasteiger partial charge on any atom is -0.520 e. The van der Waals surface area contributed by atoms with Gasteiger partial charge in [-0.1, -0.05) is 0 Å². The molecule has 0 saturated carbocycles. The molecule has 9 heteroatoms. The van der Waals surface area contributed by atoms with Crippen LogP contribution in [0.2, 0.25) is 58.9 Å². The fourth-order valence-electron chi connectivity index (χ4n) is 1.73. The van der Waals surface area contributed by atoms with Gasteiger partial charge in [-0.15, -0.1) is 0 Å². The minimum atomic E-state index is -2.14. The second-order valence-electron chi connectivity index (χ2n) is 8.74. The first-order valence-electron chi connectivity index (χ1n) is 8.18. The van der Waals surface area contributed by atoms with Crippen molar-refractivity contribution in [3.8, 4) is 0 Å². The summed E-state index contributed by atoms with van der Waals surface area (Å²) in [5, 5.41) is 0. The van der Waals surface area contributed by atoms with Gasteiger partial charge >= 0.3 is 11.9 Å². The molecule has 0 N–H and O–H groups in total.